The Morgan fingerprint density at radius 1 is 1.14 bits per heavy atom. The molecule has 0 saturated carbocycles. The highest BCUT2D eigenvalue weighted by Gasteiger charge is 2.50. The van der Waals surface area contributed by atoms with Crippen LogP contribution in [0.5, 0.6) is 5.75 Å². The lowest BCUT2D eigenvalue weighted by atomic mass is 9.89. The van der Waals surface area contributed by atoms with Gasteiger partial charge in [-0.2, -0.15) is 0 Å². The van der Waals surface area contributed by atoms with Crippen molar-refractivity contribution in [3.8, 4) is 5.75 Å². The first-order valence-electron chi connectivity index (χ1n) is 9.32. The molecule has 1 aromatic carbocycles. The van der Waals surface area contributed by atoms with Crippen molar-refractivity contribution in [2.24, 2.45) is 11.8 Å². The number of carbonyl (C=O) groups excluding carboxylic acids is 1. The van der Waals surface area contributed by atoms with E-state index in [4.69, 9.17) is 4.74 Å². The molecule has 0 unspecified atom stereocenters. The van der Waals surface area contributed by atoms with E-state index in [9.17, 15) is 9.18 Å². The summed E-state index contributed by atoms with van der Waals surface area (Å²) >= 11 is 0. The van der Waals surface area contributed by atoms with Crippen molar-refractivity contribution in [1.29, 1.82) is 0 Å². The molecular formula is C20H24FN5O2. The maximum atomic E-state index is 13.2. The first kappa shape index (κ1) is 18.5. The lowest BCUT2D eigenvalue weighted by Crippen LogP contribution is -2.41. The number of amides is 2. The molecular weight excluding hydrogens is 361 g/mol. The standard InChI is InChI=1S/C20H24FN5O2/c1-24(2)20(27)26-11-14-10-25(19-22-8-15(21)9-23-19)12-17(14)18(26)13-4-6-16(28-3)7-5-13/h4-9,14,17-18H,10-12H2,1-3H3/t14-,17-,18+/m1/s1. The average molecular weight is 385 g/mol. The van der Waals surface area contributed by atoms with Crippen LogP contribution in [0.4, 0.5) is 15.1 Å². The summed E-state index contributed by atoms with van der Waals surface area (Å²) in [6, 6.07) is 7.89. The van der Waals surface area contributed by atoms with E-state index in [1.807, 2.05) is 29.2 Å². The molecule has 3 heterocycles. The molecule has 2 saturated heterocycles. The van der Waals surface area contributed by atoms with E-state index in [1.165, 1.54) is 12.4 Å². The van der Waals surface area contributed by atoms with Gasteiger partial charge in [0.2, 0.25) is 5.95 Å². The summed E-state index contributed by atoms with van der Waals surface area (Å²) in [6.45, 7) is 2.15. The minimum atomic E-state index is -0.443. The van der Waals surface area contributed by atoms with E-state index in [0.717, 1.165) is 24.4 Å². The minimum absolute atomic E-state index is 0.0137. The zero-order chi connectivity index (χ0) is 19.8. The quantitative estimate of drug-likeness (QED) is 0.812. The first-order valence-corrected chi connectivity index (χ1v) is 9.32. The van der Waals surface area contributed by atoms with Crippen molar-refractivity contribution in [1.82, 2.24) is 19.8 Å². The van der Waals surface area contributed by atoms with Crippen molar-refractivity contribution in [3.63, 3.8) is 0 Å². The highest BCUT2D eigenvalue weighted by molar-refractivity contribution is 5.75. The van der Waals surface area contributed by atoms with Gasteiger partial charge >= 0.3 is 6.03 Å². The van der Waals surface area contributed by atoms with Gasteiger partial charge in [0.1, 0.15) is 5.75 Å². The van der Waals surface area contributed by atoms with Gasteiger partial charge in [0, 0.05) is 45.6 Å². The summed E-state index contributed by atoms with van der Waals surface area (Å²) in [5, 5.41) is 0. The van der Waals surface area contributed by atoms with Crippen molar-refractivity contribution < 1.29 is 13.9 Å². The molecule has 2 aliphatic rings. The first-order chi connectivity index (χ1) is 13.5. The highest BCUT2D eigenvalue weighted by Crippen LogP contribution is 2.46. The minimum Gasteiger partial charge on any atom is -0.497 e. The van der Waals surface area contributed by atoms with Gasteiger partial charge < -0.3 is 19.4 Å². The molecule has 0 radical (unpaired) electrons. The lowest BCUT2D eigenvalue weighted by Gasteiger charge is -2.32. The number of rotatable bonds is 3. The maximum Gasteiger partial charge on any atom is 0.320 e. The van der Waals surface area contributed by atoms with E-state index < -0.39 is 5.82 Å². The summed E-state index contributed by atoms with van der Waals surface area (Å²) in [5.74, 6) is 1.45. The number of urea groups is 1. The zero-order valence-electron chi connectivity index (χ0n) is 16.2. The van der Waals surface area contributed by atoms with Gasteiger partial charge in [-0.15, -0.1) is 0 Å². The molecule has 1 aromatic heterocycles. The maximum absolute atomic E-state index is 13.2. The van der Waals surface area contributed by atoms with Crippen LogP contribution in [0, 0.1) is 17.7 Å². The molecule has 2 fully saturated rings. The third-order valence-electron chi connectivity index (χ3n) is 5.64. The molecule has 28 heavy (non-hydrogen) atoms. The molecule has 148 valence electrons. The second-order valence-electron chi connectivity index (χ2n) is 7.58. The molecule has 8 heteroatoms. The Kier molecular flexibility index (Phi) is 4.78. The van der Waals surface area contributed by atoms with Crippen LogP contribution < -0.4 is 9.64 Å². The van der Waals surface area contributed by atoms with Crippen molar-refractivity contribution >= 4 is 12.0 Å². The van der Waals surface area contributed by atoms with Crippen LogP contribution in [0.1, 0.15) is 11.6 Å². The van der Waals surface area contributed by atoms with Crippen molar-refractivity contribution in [2.45, 2.75) is 6.04 Å². The van der Waals surface area contributed by atoms with Crippen molar-refractivity contribution in [3.05, 3.63) is 48.0 Å². The van der Waals surface area contributed by atoms with Gasteiger partial charge in [0.25, 0.3) is 0 Å². The second kappa shape index (κ2) is 7.26. The van der Waals surface area contributed by atoms with E-state index in [1.54, 1.807) is 26.1 Å². The normalized spacial score (nSPS) is 23.6. The second-order valence-corrected chi connectivity index (χ2v) is 7.58. The van der Waals surface area contributed by atoms with Crippen LogP contribution >= 0.6 is 0 Å². The van der Waals surface area contributed by atoms with Gasteiger partial charge in [0.15, 0.2) is 5.82 Å². The number of ether oxygens (including phenoxy) is 1. The van der Waals surface area contributed by atoms with Gasteiger partial charge in [-0.3, -0.25) is 0 Å². The molecule has 0 aliphatic carbocycles. The Bertz CT molecular complexity index is 843. The molecule has 4 rings (SSSR count). The number of methoxy groups -OCH3 is 1. The molecule has 2 aromatic rings. The Morgan fingerprint density at radius 3 is 2.43 bits per heavy atom. The molecule has 0 N–H and O–H groups in total. The van der Waals surface area contributed by atoms with E-state index in [0.29, 0.717) is 18.4 Å². The number of anilines is 1. The summed E-state index contributed by atoms with van der Waals surface area (Å²) in [5.41, 5.74) is 1.09. The SMILES string of the molecule is COc1ccc([C@H]2[C@@H]3CN(c4ncc(F)cn4)C[C@@H]3CN2C(=O)N(C)C)cc1. The fraction of sp³-hybridized carbons (Fsp3) is 0.450. The van der Waals surface area contributed by atoms with E-state index in [-0.39, 0.29) is 18.0 Å². The van der Waals surface area contributed by atoms with Crippen LogP contribution in [0.15, 0.2) is 36.7 Å². The van der Waals surface area contributed by atoms with Gasteiger partial charge in [-0.05, 0) is 17.7 Å². The summed E-state index contributed by atoms with van der Waals surface area (Å²) in [6.07, 6.45) is 2.39. The Hall–Kier alpha value is -2.90. The topological polar surface area (TPSA) is 61.8 Å². The smallest absolute Gasteiger partial charge is 0.320 e. The van der Waals surface area contributed by atoms with Crippen molar-refractivity contribution in [2.75, 3.05) is 45.7 Å². The Morgan fingerprint density at radius 2 is 1.82 bits per heavy atom. The van der Waals surface area contributed by atoms with Crippen LogP contribution in [0.25, 0.3) is 0 Å². The van der Waals surface area contributed by atoms with Crippen LogP contribution in [-0.4, -0.2) is 66.6 Å². The third kappa shape index (κ3) is 3.23. The average Bonchev–Trinajstić information content (AvgIpc) is 3.26. The van der Waals surface area contributed by atoms with Crippen LogP contribution in [0.2, 0.25) is 0 Å². The van der Waals surface area contributed by atoms with E-state index >= 15 is 0 Å². The summed E-state index contributed by atoms with van der Waals surface area (Å²) in [7, 11) is 5.19. The molecule has 2 amide bonds. The molecule has 2 aliphatic heterocycles. The summed E-state index contributed by atoms with van der Waals surface area (Å²) in [4.78, 5) is 26.7. The Balaban J connectivity index is 1.62. The monoisotopic (exact) mass is 385 g/mol. The number of carbonyl (C=O) groups is 1. The number of hydrogen-bond acceptors (Lipinski definition) is 5. The van der Waals surface area contributed by atoms with Crippen LogP contribution in [0.3, 0.4) is 0 Å². The predicted octanol–water partition coefficient (Wildman–Crippen LogP) is 2.42. The van der Waals surface area contributed by atoms with Crippen LogP contribution in [-0.2, 0) is 0 Å². The summed E-state index contributed by atoms with van der Waals surface area (Å²) < 4.78 is 18.4. The van der Waals surface area contributed by atoms with Gasteiger partial charge in [-0.25, -0.2) is 19.2 Å². The van der Waals surface area contributed by atoms with Gasteiger partial charge in [0.05, 0.1) is 25.5 Å². The largest absolute Gasteiger partial charge is 0.497 e. The number of aromatic nitrogens is 2. The highest BCUT2D eigenvalue weighted by atomic mass is 19.1. The number of likely N-dealkylation sites (tertiary alicyclic amines) is 1. The lowest BCUT2D eigenvalue weighted by molar-refractivity contribution is 0.159. The predicted molar refractivity (Wildman–Crippen MR) is 103 cm³/mol. The number of benzene rings is 1. The molecule has 3 atom stereocenters. The fourth-order valence-electron chi connectivity index (χ4n) is 4.36. The number of halogens is 1. The number of fused-ring (bicyclic) bond motifs is 1. The fourth-order valence-corrected chi connectivity index (χ4v) is 4.36. The molecule has 7 nitrogen and oxygen atoms in total. The molecule has 0 bridgehead atoms. The van der Waals surface area contributed by atoms with Gasteiger partial charge in [-0.1, -0.05) is 12.1 Å². The zero-order valence-corrected chi connectivity index (χ0v) is 16.2. The number of nitrogens with zero attached hydrogens (tertiary/aromatic N) is 5. The van der Waals surface area contributed by atoms with E-state index in [2.05, 4.69) is 14.9 Å². The Labute approximate surface area is 163 Å². The molecule has 0 spiro atoms. The number of hydrogen-bond donors (Lipinski definition) is 0. The third-order valence-corrected chi connectivity index (χ3v) is 5.64.